The molecule has 0 spiro atoms. The van der Waals surface area contributed by atoms with Crippen molar-refractivity contribution < 1.29 is 9.59 Å². The van der Waals surface area contributed by atoms with E-state index in [0.29, 0.717) is 30.8 Å². The highest BCUT2D eigenvalue weighted by atomic mass is 16.2. The molecule has 102 valence electrons. The summed E-state index contributed by atoms with van der Waals surface area (Å²) >= 11 is 0. The van der Waals surface area contributed by atoms with Gasteiger partial charge >= 0.3 is 0 Å². The zero-order valence-corrected chi connectivity index (χ0v) is 10.8. The topological polar surface area (TPSA) is 96.2 Å². The summed E-state index contributed by atoms with van der Waals surface area (Å²) in [5.41, 5.74) is 7.70. The predicted octanol–water partition coefficient (Wildman–Crippen LogP) is 0.319. The van der Waals surface area contributed by atoms with Crippen molar-refractivity contribution >= 4 is 23.2 Å². The Morgan fingerprint density at radius 2 is 2.32 bits per heavy atom. The first-order valence-electron chi connectivity index (χ1n) is 6.31. The molecule has 6 heteroatoms. The van der Waals surface area contributed by atoms with Crippen molar-refractivity contribution in [3.8, 4) is 0 Å². The Balaban J connectivity index is 2.06. The Bertz CT molecular complexity index is 501. The van der Waals surface area contributed by atoms with Gasteiger partial charge in [0.15, 0.2) is 0 Å². The van der Waals surface area contributed by atoms with Crippen LogP contribution in [-0.2, 0) is 4.79 Å². The zero-order chi connectivity index (χ0) is 13.8. The summed E-state index contributed by atoms with van der Waals surface area (Å²) < 4.78 is 0. The molecule has 0 aromatic heterocycles. The van der Waals surface area contributed by atoms with E-state index in [1.165, 1.54) is 0 Å². The van der Waals surface area contributed by atoms with Gasteiger partial charge in [0, 0.05) is 25.1 Å². The van der Waals surface area contributed by atoms with Gasteiger partial charge in [-0.25, -0.2) is 0 Å². The third kappa shape index (κ3) is 3.15. The third-order valence-corrected chi connectivity index (χ3v) is 2.99. The van der Waals surface area contributed by atoms with E-state index in [1.54, 1.807) is 18.2 Å². The van der Waals surface area contributed by atoms with Gasteiger partial charge in [-0.2, -0.15) is 0 Å². The first-order valence-corrected chi connectivity index (χ1v) is 6.31. The summed E-state index contributed by atoms with van der Waals surface area (Å²) in [6, 6.07) is 5.17. The maximum Gasteiger partial charge on any atom is 0.251 e. The van der Waals surface area contributed by atoms with Crippen molar-refractivity contribution in [2.24, 2.45) is 0 Å². The number of rotatable bonds is 4. The second-order valence-electron chi connectivity index (χ2n) is 4.51. The van der Waals surface area contributed by atoms with Crippen LogP contribution in [0.3, 0.4) is 0 Å². The fourth-order valence-electron chi connectivity index (χ4n) is 2.03. The van der Waals surface area contributed by atoms with E-state index in [1.807, 2.05) is 6.92 Å². The Morgan fingerprint density at radius 1 is 1.53 bits per heavy atom. The fraction of sp³-hybridized carbons (Fsp3) is 0.385. The van der Waals surface area contributed by atoms with Gasteiger partial charge in [-0.3, -0.25) is 9.59 Å². The fourth-order valence-corrected chi connectivity index (χ4v) is 2.03. The molecule has 2 amide bonds. The molecule has 0 bridgehead atoms. The van der Waals surface area contributed by atoms with Gasteiger partial charge in [0.2, 0.25) is 5.91 Å². The summed E-state index contributed by atoms with van der Waals surface area (Å²) in [6.45, 7) is 3.03. The lowest BCUT2D eigenvalue weighted by atomic mass is 10.1. The van der Waals surface area contributed by atoms with Crippen LogP contribution in [0.5, 0.6) is 0 Å². The van der Waals surface area contributed by atoms with Crippen LogP contribution in [0.2, 0.25) is 0 Å². The van der Waals surface area contributed by atoms with Crippen LogP contribution < -0.4 is 21.7 Å². The number of amides is 2. The number of carbonyl (C=O) groups is 2. The van der Waals surface area contributed by atoms with Gasteiger partial charge in [-0.1, -0.05) is 0 Å². The van der Waals surface area contributed by atoms with E-state index in [9.17, 15) is 9.59 Å². The van der Waals surface area contributed by atoms with E-state index in [2.05, 4.69) is 16.0 Å². The molecule has 0 saturated carbocycles. The molecule has 19 heavy (non-hydrogen) atoms. The molecule has 6 nitrogen and oxygen atoms in total. The van der Waals surface area contributed by atoms with Crippen molar-refractivity contribution in [1.82, 2.24) is 10.6 Å². The zero-order valence-electron chi connectivity index (χ0n) is 10.8. The van der Waals surface area contributed by atoms with Crippen molar-refractivity contribution in [2.75, 3.05) is 24.1 Å². The Morgan fingerprint density at radius 3 is 2.89 bits per heavy atom. The van der Waals surface area contributed by atoms with Crippen LogP contribution in [-0.4, -0.2) is 30.9 Å². The molecule has 1 aromatic carbocycles. The van der Waals surface area contributed by atoms with Gasteiger partial charge in [0.1, 0.15) is 0 Å². The maximum atomic E-state index is 11.7. The molecule has 2 rings (SSSR count). The number of hydrogen-bond acceptors (Lipinski definition) is 4. The molecule has 1 fully saturated rings. The highest BCUT2D eigenvalue weighted by Crippen LogP contribution is 2.22. The molecule has 1 aromatic rings. The lowest BCUT2D eigenvalue weighted by Gasteiger charge is -2.15. The molecule has 1 aliphatic rings. The lowest BCUT2D eigenvalue weighted by molar-refractivity contribution is -0.119. The summed E-state index contributed by atoms with van der Waals surface area (Å²) in [5.74, 6) is -0.103. The molecule has 0 radical (unpaired) electrons. The average molecular weight is 262 g/mol. The minimum atomic E-state index is -0.140. The van der Waals surface area contributed by atoms with Crippen LogP contribution in [0.25, 0.3) is 0 Å². The predicted molar refractivity (Wildman–Crippen MR) is 73.9 cm³/mol. The third-order valence-electron chi connectivity index (χ3n) is 2.99. The smallest absolute Gasteiger partial charge is 0.251 e. The number of benzene rings is 1. The highest BCUT2D eigenvalue weighted by molar-refractivity contribution is 5.96. The number of nitrogens with one attached hydrogen (secondary N) is 3. The van der Waals surface area contributed by atoms with Crippen LogP contribution in [0.1, 0.15) is 23.7 Å². The molecular weight excluding hydrogens is 244 g/mol. The van der Waals surface area contributed by atoms with E-state index in [0.717, 1.165) is 5.69 Å². The van der Waals surface area contributed by atoms with Gasteiger partial charge in [-0.15, -0.1) is 0 Å². The number of nitrogen functional groups attached to an aromatic ring is 1. The molecule has 1 saturated heterocycles. The van der Waals surface area contributed by atoms with E-state index < -0.39 is 0 Å². The SMILES string of the molecule is CCNC(=O)c1ccc(NC2CNC(=O)C2)c(N)c1. The van der Waals surface area contributed by atoms with Crippen LogP contribution in [0.15, 0.2) is 18.2 Å². The molecule has 1 unspecified atom stereocenters. The minimum Gasteiger partial charge on any atom is -0.397 e. The standard InChI is InChI=1S/C13H18N4O2/c1-2-15-13(19)8-3-4-11(10(14)5-8)17-9-6-12(18)16-7-9/h3-5,9,17H,2,6-7,14H2,1H3,(H,15,19)(H,16,18). The van der Waals surface area contributed by atoms with E-state index >= 15 is 0 Å². The second-order valence-corrected chi connectivity index (χ2v) is 4.51. The summed E-state index contributed by atoms with van der Waals surface area (Å²) in [7, 11) is 0. The Kier molecular flexibility index (Phi) is 3.89. The van der Waals surface area contributed by atoms with E-state index in [-0.39, 0.29) is 17.9 Å². The first kappa shape index (κ1) is 13.2. The monoisotopic (exact) mass is 262 g/mol. The van der Waals surface area contributed by atoms with Crippen molar-refractivity contribution in [1.29, 1.82) is 0 Å². The van der Waals surface area contributed by atoms with Crippen LogP contribution in [0, 0.1) is 0 Å². The summed E-state index contributed by atoms with van der Waals surface area (Å²) in [4.78, 5) is 22.8. The molecule has 5 N–H and O–H groups in total. The first-order chi connectivity index (χ1) is 9.10. The minimum absolute atomic E-state index is 0.0371. The number of anilines is 2. The molecular formula is C13H18N4O2. The molecule has 1 aliphatic heterocycles. The van der Waals surface area contributed by atoms with E-state index in [4.69, 9.17) is 5.73 Å². The van der Waals surface area contributed by atoms with Crippen molar-refractivity contribution in [2.45, 2.75) is 19.4 Å². The number of nitrogens with two attached hydrogens (primary N) is 1. The molecule has 1 heterocycles. The van der Waals surface area contributed by atoms with Crippen LogP contribution >= 0.6 is 0 Å². The Hall–Kier alpha value is -2.24. The Labute approximate surface area is 111 Å². The second kappa shape index (κ2) is 5.60. The average Bonchev–Trinajstić information content (AvgIpc) is 2.78. The van der Waals surface area contributed by atoms with Gasteiger partial charge in [0.25, 0.3) is 5.91 Å². The maximum absolute atomic E-state index is 11.7. The normalized spacial score (nSPS) is 17.9. The molecule has 1 atom stereocenters. The number of hydrogen-bond donors (Lipinski definition) is 4. The lowest BCUT2D eigenvalue weighted by Crippen LogP contribution is -2.24. The quantitative estimate of drug-likeness (QED) is 0.587. The van der Waals surface area contributed by atoms with Gasteiger partial charge in [0.05, 0.1) is 17.4 Å². The highest BCUT2D eigenvalue weighted by Gasteiger charge is 2.21. The summed E-state index contributed by atoms with van der Waals surface area (Å²) in [5, 5.41) is 8.66. The number of carbonyl (C=O) groups excluding carboxylic acids is 2. The van der Waals surface area contributed by atoms with Crippen molar-refractivity contribution in [3.05, 3.63) is 23.8 Å². The summed E-state index contributed by atoms with van der Waals surface area (Å²) in [6.07, 6.45) is 0.442. The van der Waals surface area contributed by atoms with Gasteiger partial charge < -0.3 is 21.7 Å². The largest absolute Gasteiger partial charge is 0.397 e. The molecule has 0 aliphatic carbocycles. The van der Waals surface area contributed by atoms with Crippen molar-refractivity contribution in [3.63, 3.8) is 0 Å². The van der Waals surface area contributed by atoms with Gasteiger partial charge in [-0.05, 0) is 25.1 Å². The van der Waals surface area contributed by atoms with Crippen LogP contribution in [0.4, 0.5) is 11.4 Å².